The van der Waals surface area contributed by atoms with Gasteiger partial charge in [-0.2, -0.15) is 0 Å². The van der Waals surface area contributed by atoms with E-state index in [1.165, 1.54) is 25.3 Å². The SMILES string of the molecule is COC(=O)Nc1cccc(N(C(=O)[O-])c2cccc(C)c2)c1.O=C(O)c1nc(Cl)ccc1Cl. The first-order valence-corrected chi connectivity index (χ1v) is 9.96. The molecular weight excluding hydrogens is 473 g/mol. The van der Waals surface area contributed by atoms with Gasteiger partial charge in [0.2, 0.25) is 0 Å². The summed E-state index contributed by atoms with van der Waals surface area (Å²) < 4.78 is 4.51. The molecule has 0 spiro atoms. The largest absolute Gasteiger partial charge is 0.529 e. The Hall–Kier alpha value is -3.82. The number of carbonyl (C=O) groups excluding carboxylic acids is 2. The molecule has 33 heavy (non-hydrogen) atoms. The van der Waals surface area contributed by atoms with E-state index in [-0.39, 0.29) is 15.9 Å². The molecule has 0 bridgehead atoms. The molecule has 0 aliphatic rings. The van der Waals surface area contributed by atoms with Crippen LogP contribution in [0, 0.1) is 6.92 Å². The number of rotatable bonds is 4. The fourth-order valence-electron chi connectivity index (χ4n) is 2.59. The number of carbonyl (C=O) groups is 3. The van der Waals surface area contributed by atoms with Crippen LogP contribution in [-0.2, 0) is 4.74 Å². The van der Waals surface area contributed by atoms with E-state index in [9.17, 15) is 19.5 Å². The van der Waals surface area contributed by atoms with Crippen molar-refractivity contribution in [2.24, 2.45) is 0 Å². The van der Waals surface area contributed by atoms with E-state index in [4.69, 9.17) is 28.3 Å². The van der Waals surface area contributed by atoms with Crippen LogP contribution >= 0.6 is 23.2 Å². The molecule has 3 rings (SSSR count). The lowest BCUT2D eigenvalue weighted by atomic mass is 10.2. The zero-order valence-electron chi connectivity index (χ0n) is 17.4. The normalized spacial score (nSPS) is 9.82. The van der Waals surface area contributed by atoms with E-state index < -0.39 is 18.2 Å². The molecule has 1 heterocycles. The number of methoxy groups -OCH3 is 1. The van der Waals surface area contributed by atoms with Gasteiger partial charge in [0.05, 0.1) is 12.1 Å². The highest BCUT2D eigenvalue weighted by atomic mass is 35.5. The third kappa shape index (κ3) is 7.37. The lowest BCUT2D eigenvalue weighted by molar-refractivity contribution is -0.245. The molecule has 2 amide bonds. The number of ether oxygens (including phenoxy) is 1. The third-order valence-corrected chi connectivity index (χ3v) is 4.51. The second-order valence-corrected chi connectivity index (χ2v) is 7.17. The van der Waals surface area contributed by atoms with Crippen molar-refractivity contribution >= 4 is 58.4 Å². The average Bonchev–Trinajstić information content (AvgIpc) is 2.76. The summed E-state index contributed by atoms with van der Waals surface area (Å²) in [6.45, 7) is 1.87. The fraction of sp³-hybridized carbons (Fsp3) is 0.0909. The van der Waals surface area contributed by atoms with E-state index in [2.05, 4.69) is 15.0 Å². The quantitative estimate of drug-likeness (QED) is 0.504. The average molecular weight is 491 g/mol. The van der Waals surface area contributed by atoms with E-state index >= 15 is 0 Å². The maximum Gasteiger partial charge on any atom is 0.411 e. The lowest BCUT2D eigenvalue weighted by Crippen LogP contribution is -2.38. The molecule has 0 saturated carbocycles. The molecule has 11 heteroatoms. The van der Waals surface area contributed by atoms with Crippen LogP contribution in [0.25, 0.3) is 0 Å². The number of carboxylic acid groups (broad SMARTS) is 2. The Morgan fingerprint density at radius 3 is 2.21 bits per heavy atom. The second kappa shape index (κ2) is 11.7. The molecule has 0 aliphatic heterocycles. The number of aromatic carboxylic acids is 1. The molecular formula is C22H18Cl2N3O6-. The summed E-state index contributed by atoms with van der Waals surface area (Å²) in [5, 5.41) is 22.7. The van der Waals surface area contributed by atoms with Crippen LogP contribution < -0.4 is 15.3 Å². The Labute approximate surface area is 199 Å². The van der Waals surface area contributed by atoms with Crippen LogP contribution in [0.5, 0.6) is 0 Å². The Balaban J connectivity index is 0.000000294. The molecule has 172 valence electrons. The number of anilines is 3. The van der Waals surface area contributed by atoms with Gasteiger partial charge in [-0.1, -0.05) is 41.4 Å². The fourth-order valence-corrected chi connectivity index (χ4v) is 2.92. The third-order valence-electron chi connectivity index (χ3n) is 3.99. The zero-order valence-corrected chi connectivity index (χ0v) is 18.9. The topological polar surface area (TPSA) is 132 Å². The van der Waals surface area contributed by atoms with E-state index in [1.54, 1.807) is 36.4 Å². The summed E-state index contributed by atoms with van der Waals surface area (Å²) in [7, 11) is 1.25. The zero-order chi connectivity index (χ0) is 24.5. The summed E-state index contributed by atoms with van der Waals surface area (Å²) in [5.41, 5.74) is 1.95. The minimum absolute atomic E-state index is 0.0851. The minimum Gasteiger partial charge on any atom is -0.529 e. The van der Waals surface area contributed by atoms with Crippen LogP contribution in [0.3, 0.4) is 0 Å². The smallest absolute Gasteiger partial charge is 0.411 e. The van der Waals surface area contributed by atoms with Gasteiger partial charge in [-0.05, 0) is 55.0 Å². The first-order valence-electron chi connectivity index (χ1n) is 9.20. The number of nitrogens with one attached hydrogen (secondary N) is 1. The maximum atomic E-state index is 11.5. The standard InChI is InChI=1S/C16H16N2O4.C6H3Cl2NO2/c1-11-5-3-7-13(9-11)18(16(20)21)14-8-4-6-12(10-14)17-15(19)22-2;7-3-1-2-4(8)9-5(3)6(10)11/h3-10H,1-2H3,(H,17,19)(H,20,21);1-2H,(H,10,11)/p-1. The number of carboxylic acids is 1. The molecule has 0 atom stereocenters. The van der Waals surface area contributed by atoms with Gasteiger partial charge in [0, 0.05) is 17.1 Å². The number of aromatic nitrogens is 1. The van der Waals surface area contributed by atoms with Crippen molar-refractivity contribution in [1.29, 1.82) is 0 Å². The van der Waals surface area contributed by atoms with Gasteiger partial charge in [-0.25, -0.2) is 14.6 Å². The Bertz CT molecular complexity index is 1170. The van der Waals surface area contributed by atoms with Crippen molar-refractivity contribution in [2.75, 3.05) is 17.3 Å². The van der Waals surface area contributed by atoms with Crippen molar-refractivity contribution in [2.45, 2.75) is 6.92 Å². The summed E-state index contributed by atoms with van der Waals surface area (Å²) >= 11 is 10.9. The molecule has 0 saturated heterocycles. The number of hydrogen-bond donors (Lipinski definition) is 2. The number of halogens is 2. The van der Waals surface area contributed by atoms with Crippen LogP contribution in [0.4, 0.5) is 26.7 Å². The summed E-state index contributed by atoms with van der Waals surface area (Å²) in [5.74, 6) is -1.18. The number of pyridine rings is 1. The molecule has 9 nitrogen and oxygen atoms in total. The van der Waals surface area contributed by atoms with Crippen molar-refractivity contribution in [3.8, 4) is 0 Å². The van der Waals surface area contributed by atoms with Crippen molar-refractivity contribution in [3.05, 3.63) is 82.1 Å². The Morgan fingerprint density at radius 2 is 1.67 bits per heavy atom. The number of nitrogens with zero attached hydrogens (tertiary/aromatic N) is 2. The van der Waals surface area contributed by atoms with Gasteiger partial charge in [-0.15, -0.1) is 0 Å². The first kappa shape index (κ1) is 25.4. The van der Waals surface area contributed by atoms with Gasteiger partial charge in [0.25, 0.3) is 0 Å². The highest BCUT2D eigenvalue weighted by Gasteiger charge is 2.12. The molecule has 0 fully saturated rings. The molecule has 2 N–H and O–H groups in total. The predicted molar refractivity (Wildman–Crippen MR) is 122 cm³/mol. The number of amides is 2. The molecule has 0 radical (unpaired) electrons. The van der Waals surface area contributed by atoms with Crippen LogP contribution in [0.15, 0.2) is 60.7 Å². The number of benzene rings is 2. The summed E-state index contributed by atoms with van der Waals surface area (Å²) in [6, 6.07) is 16.2. The predicted octanol–water partition coefficient (Wildman–Crippen LogP) is 4.74. The van der Waals surface area contributed by atoms with Crippen molar-refractivity contribution in [3.63, 3.8) is 0 Å². The lowest BCUT2D eigenvalue weighted by Gasteiger charge is -2.26. The van der Waals surface area contributed by atoms with Gasteiger partial charge < -0.3 is 19.7 Å². The molecule has 0 unspecified atom stereocenters. The first-order chi connectivity index (χ1) is 15.6. The number of aryl methyl sites for hydroxylation is 1. The van der Waals surface area contributed by atoms with Crippen molar-refractivity contribution < 1.29 is 29.3 Å². The summed E-state index contributed by atoms with van der Waals surface area (Å²) in [4.78, 5) is 37.7. The van der Waals surface area contributed by atoms with Crippen LogP contribution in [0.1, 0.15) is 16.1 Å². The van der Waals surface area contributed by atoms with Crippen LogP contribution in [-0.4, -0.2) is 35.4 Å². The highest BCUT2D eigenvalue weighted by molar-refractivity contribution is 6.34. The molecule has 1 aromatic heterocycles. The molecule has 3 aromatic rings. The van der Waals surface area contributed by atoms with Gasteiger partial charge in [0.1, 0.15) is 11.2 Å². The number of hydrogen-bond acceptors (Lipinski definition) is 6. The van der Waals surface area contributed by atoms with E-state index in [0.717, 1.165) is 10.5 Å². The van der Waals surface area contributed by atoms with E-state index in [0.29, 0.717) is 17.1 Å². The second-order valence-electron chi connectivity index (χ2n) is 6.38. The Morgan fingerprint density at radius 1 is 1.03 bits per heavy atom. The van der Waals surface area contributed by atoms with Gasteiger partial charge in [-0.3, -0.25) is 10.2 Å². The van der Waals surface area contributed by atoms with Gasteiger partial charge >= 0.3 is 12.1 Å². The Kier molecular flexibility index (Phi) is 9.02. The highest BCUT2D eigenvalue weighted by Crippen LogP contribution is 2.28. The molecule has 2 aromatic carbocycles. The maximum absolute atomic E-state index is 11.5. The summed E-state index contributed by atoms with van der Waals surface area (Å²) in [6.07, 6.45) is -1.99. The van der Waals surface area contributed by atoms with Crippen LogP contribution in [0.2, 0.25) is 10.2 Å². The van der Waals surface area contributed by atoms with Gasteiger partial charge in [0.15, 0.2) is 5.69 Å². The minimum atomic E-state index is -1.36. The monoisotopic (exact) mass is 490 g/mol. The van der Waals surface area contributed by atoms with E-state index in [1.807, 2.05) is 13.0 Å². The molecule has 0 aliphatic carbocycles. The van der Waals surface area contributed by atoms with Crippen molar-refractivity contribution in [1.82, 2.24) is 4.98 Å².